The first-order valence-electron chi connectivity index (χ1n) is 6.85. The zero-order valence-electron chi connectivity index (χ0n) is 11.1. The van der Waals surface area contributed by atoms with Crippen LogP contribution in [0.25, 0.3) is 0 Å². The van der Waals surface area contributed by atoms with E-state index in [4.69, 9.17) is 0 Å². The second kappa shape index (κ2) is 5.45. The number of hydrogen-bond donors (Lipinski definition) is 1. The summed E-state index contributed by atoms with van der Waals surface area (Å²) >= 11 is 0. The highest BCUT2D eigenvalue weighted by Gasteiger charge is 2.33. The summed E-state index contributed by atoms with van der Waals surface area (Å²) in [5, 5.41) is 3.03. The molecule has 1 amide bonds. The van der Waals surface area contributed by atoms with Crippen molar-refractivity contribution in [3.8, 4) is 0 Å². The lowest BCUT2D eigenvalue weighted by Crippen LogP contribution is -2.29. The summed E-state index contributed by atoms with van der Waals surface area (Å²) in [6, 6.07) is 15.8. The average molecular weight is 269 g/mol. The Morgan fingerprint density at radius 1 is 1.10 bits per heavy atom. The van der Waals surface area contributed by atoms with Crippen LogP contribution >= 0.6 is 0 Å². The summed E-state index contributed by atoms with van der Waals surface area (Å²) in [5.41, 5.74) is 1.48. The van der Waals surface area contributed by atoms with Gasteiger partial charge in [-0.1, -0.05) is 36.4 Å². The zero-order chi connectivity index (χ0) is 13.9. The van der Waals surface area contributed by atoms with E-state index in [9.17, 15) is 9.18 Å². The Kier molecular flexibility index (Phi) is 3.50. The van der Waals surface area contributed by atoms with Gasteiger partial charge in [0.15, 0.2) is 0 Å². The van der Waals surface area contributed by atoms with Crippen molar-refractivity contribution in [3.05, 3.63) is 71.5 Å². The average Bonchev–Trinajstić information content (AvgIpc) is 3.30. The predicted octanol–water partition coefficient (Wildman–Crippen LogP) is 3.71. The summed E-state index contributed by atoms with van der Waals surface area (Å²) in [4.78, 5) is 12.2. The maximum Gasteiger partial charge on any atom is 0.251 e. The van der Waals surface area contributed by atoms with Crippen LogP contribution in [0.2, 0.25) is 0 Å². The fourth-order valence-electron chi connectivity index (χ4n) is 2.42. The predicted molar refractivity (Wildman–Crippen MR) is 75.8 cm³/mol. The molecular formula is C17H16FNO. The fourth-order valence-corrected chi connectivity index (χ4v) is 2.42. The van der Waals surface area contributed by atoms with Gasteiger partial charge in [0, 0.05) is 5.56 Å². The van der Waals surface area contributed by atoms with Crippen molar-refractivity contribution < 1.29 is 9.18 Å². The normalized spacial score (nSPS) is 15.7. The van der Waals surface area contributed by atoms with E-state index >= 15 is 0 Å². The molecule has 20 heavy (non-hydrogen) atoms. The molecule has 1 N–H and O–H groups in total. The van der Waals surface area contributed by atoms with Crippen LogP contribution in [0.4, 0.5) is 4.39 Å². The lowest BCUT2D eigenvalue weighted by molar-refractivity contribution is 0.0931. The Balaban J connectivity index is 1.79. The first kappa shape index (κ1) is 12.9. The van der Waals surface area contributed by atoms with Crippen LogP contribution < -0.4 is 5.32 Å². The van der Waals surface area contributed by atoms with E-state index in [1.54, 1.807) is 12.1 Å². The highest BCUT2D eigenvalue weighted by atomic mass is 19.1. The quantitative estimate of drug-likeness (QED) is 0.900. The summed E-state index contributed by atoms with van der Waals surface area (Å²) < 4.78 is 13.2. The van der Waals surface area contributed by atoms with Crippen LogP contribution in [0, 0.1) is 11.7 Å². The Hall–Kier alpha value is -2.16. The number of halogens is 1. The Bertz CT molecular complexity index is 607. The molecule has 3 heteroatoms. The van der Waals surface area contributed by atoms with Crippen LogP contribution in [-0.2, 0) is 0 Å². The second-order valence-corrected chi connectivity index (χ2v) is 5.21. The third-order valence-electron chi connectivity index (χ3n) is 3.63. The molecule has 0 spiro atoms. The van der Waals surface area contributed by atoms with E-state index in [1.165, 1.54) is 12.1 Å². The van der Waals surface area contributed by atoms with Crippen molar-refractivity contribution >= 4 is 5.91 Å². The molecule has 1 aliphatic carbocycles. The number of amides is 1. The monoisotopic (exact) mass is 269 g/mol. The van der Waals surface area contributed by atoms with E-state index in [-0.39, 0.29) is 17.8 Å². The van der Waals surface area contributed by atoms with Crippen molar-refractivity contribution in [2.45, 2.75) is 18.9 Å². The molecule has 1 atom stereocenters. The minimum Gasteiger partial charge on any atom is -0.345 e. The van der Waals surface area contributed by atoms with Gasteiger partial charge in [0.2, 0.25) is 0 Å². The fraction of sp³-hybridized carbons (Fsp3) is 0.235. The smallest absolute Gasteiger partial charge is 0.251 e. The largest absolute Gasteiger partial charge is 0.345 e. The van der Waals surface area contributed by atoms with Crippen LogP contribution in [0.3, 0.4) is 0 Å². The van der Waals surface area contributed by atoms with Gasteiger partial charge in [-0.3, -0.25) is 4.79 Å². The van der Waals surface area contributed by atoms with Crippen LogP contribution in [0.1, 0.15) is 34.8 Å². The van der Waals surface area contributed by atoms with Gasteiger partial charge in [-0.15, -0.1) is 0 Å². The Morgan fingerprint density at radius 3 is 2.50 bits per heavy atom. The molecule has 102 valence electrons. The van der Waals surface area contributed by atoms with E-state index < -0.39 is 0 Å². The molecule has 0 heterocycles. The second-order valence-electron chi connectivity index (χ2n) is 5.21. The molecule has 2 aromatic carbocycles. The zero-order valence-corrected chi connectivity index (χ0v) is 11.1. The maximum atomic E-state index is 13.2. The minimum absolute atomic E-state index is 0.0203. The summed E-state index contributed by atoms with van der Waals surface area (Å²) in [7, 11) is 0. The molecular weight excluding hydrogens is 253 g/mol. The van der Waals surface area contributed by atoms with Gasteiger partial charge in [0.1, 0.15) is 5.82 Å². The van der Waals surface area contributed by atoms with Gasteiger partial charge in [-0.2, -0.15) is 0 Å². The molecule has 2 nitrogen and oxygen atoms in total. The number of rotatable bonds is 4. The molecule has 0 unspecified atom stereocenters. The first-order valence-corrected chi connectivity index (χ1v) is 6.85. The number of carbonyl (C=O) groups is 1. The number of carbonyl (C=O) groups excluding carboxylic acids is 1. The minimum atomic E-state index is -0.389. The van der Waals surface area contributed by atoms with E-state index in [0.717, 1.165) is 18.4 Å². The van der Waals surface area contributed by atoms with Crippen LogP contribution in [0.5, 0.6) is 0 Å². The third kappa shape index (κ3) is 2.87. The van der Waals surface area contributed by atoms with Gasteiger partial charge in [0.05, 0.1) is 6.04 Å². The Labute approximate surface area is 117 Å². The van der Waals surface area contributed by atoms with Crippen molar-refractivity contribution in [2.24, 2.45) is 5.92 Å². The van der Waals surface area contributed by atoms with Gasteiger partial charge in [0.25, 0.3) is 5.91 Å². The number of nitrogens with one attached hydrogen (secondary N) is 1. The highest BCUT2D eigenvalue weighted by Crippen LogP contribution is 2.41. The van der Waals surface area contributed by atoms with Crippen LogP contribution in [0.15, 0.2) is 54.6 Å². The molecule has 0 saturated heterocycles. The van der Waals surface area contributed by atoms with Gasteiger partial charge >= 0.3 is 0 Å². The summed E-state index contributed by atoms with van der Waals surface area (Å²) in [6.45, 7) is 0. The summed E-state index contributed by atoms with van der Waals surface area (Å²) in [5.74, 6) is -0.111. The molecule has 0 radical (unpaired) electrons. The molecule has 0 bridgehead atoms. The number of benzene rings is 2. The number of hydrogen-bond acceptors (Lipinski definition) is 1. The van der Waals surface area contributed by atoms with Gasteiger partial charge in [-0.25, -0.2) is 4.39 Å². The summed E-state index contributed by atoms with van der Waals surface area (Å²) in [6.07, 6.45) is 2.26. The first-order chi connectivity index (χ1) is 9.74. The van der Waals surface area contributed by atoms with Gasteiger partial charge < -0.3 is 5.32 Å². The molecule has 2 aromatic rings. The lowest BCUT2D eigenvalue weighted by atomic mass is 10.0. The standard InChI is InChI=1S/C17H16FNO/c18-15-8-4-7-14(11-15)17(20)19-16(13-9-10-13)12-5-2-1-3-6-12/h1-8,11,13,16H,9-10H2,(H,19,20)/t16-/m1/s1. The topological polar surface area (TPSA) is 29.1 Å². The highest BCUT2D eigenvalue weighted by molar-refractivity contribution is 5.94. The van der Waals surface area contributed by atoms with Crippen molar-refractivity contribution in [3.63, 3.8) is 0 Å². The Morgan fingerprint density at radius 2 is 1.85 bits per heavy atom. The maximum absolute atomic E-state index is 13.2. The van der Waals surface area contributed by atoms with Crippen molar-refractivity contribution in [1.29, 1.82) is 0 Å². The molecule has 1 saturated carbocycles. The third-order valence-corrected chi connectivity index (χ3v) is 3.63. The molecule has 3 rings (SSSR count). The van der Waals surface area contributed by atoms with Crippen molar-refractivity contribution in [2.75, 3.05) is 0 Å². The van der Waals surface area contributed by atoms with Gasteiger partial charge in [-0.05, 0) is 42.5 Å². The molecule has 1 fully saturated rings. The van der Waals surface area contributed by atoms with E-state index in [1.807, 2.05) is 30.3 Å². The lowest BCUT2D eigenvalue weighted by Gasteiger charge is -2.18. The van der Waals surface area contributed by atoms with E-state index in [2.05, 4.69) is 5.32 Å². The molecule has 0 aromatic heterocycles. The SMILES string of the molecule is O=C(N[C@H](c1ccccc1)C1CC1)c1cccc(F)c1. The van der Waals surface area contributed by atoms with Crippen molar-refractivity contribution in [1.82, 2.24) is 5.32 Å². The molecule has 0 aliphatic heterocycles. The molecule has 1 aliphatic rings. The van der Waals surface area contributed by atoms with Crippen LogP contribution in [-0.4, -0.2) is 5.91 Å². The van der Waals surface area contributed by atoms with E-state index in [0.29, 0.717) is 11.5 Å².